The second kappa shape index (κ2) is 4.30. The first-order valence-electron chi connectivity index (χ1n) is 5.77. The molecule has 2 aromatic heterocycles. The number of nitrogens with two attached hydrogens (primary N) is 1. The van der Waals surface area contributed by atoms with Gasteiger partial charge in [-0.25, -0.2) is 19.3 Å². The van der Waals surface area contributed by atoms with Crippen LogP contribution < -0.4 is 11.4 Å². The first-order chi connectivity index (χ1) is 9.11. The zero-order valence-electron chi connectivity index (χ0n) is 9.85. The molecule has 0 unspecified atom stereocenters. The number of hydrogen-bond donors (Lipinski definition) is 4. The van der Waals surface area contributed by atoms with E-state index >= 15 is 0 Å². The van der Waals surface area contributed by atoms with Gasteiger partial charge in [-0.15, -0.1) is 0 Å². The Bertz CT molecular complexity index is 665. The van der Waals surface area contributed by atoms with Crippen molar-refractivity contribution in [3.05, 3.63) is 16.8 Å². The minimum atomic E-state index is -0.828. The molecule has 3 atom stereocenters. The molecule has 3 heterocycles. The summed E-state index contributed by atoms with van der Waals surface area (Å²) in [6.45, 7) is -0.314. The van der Waals surface area contributed by atoms with Crippen LogP contribution in [0.15, 0.2) is 11.1 Å². The lowest BCUT2D eigenvalue weighted by Gasteiger charge is -2.12. The summed E-state index contributed by atoms with van der Waals surface area (Å²) in [6, 6.07) is 0. The fourth-order valence-corrected chi connectivity index (χ4v) is 2.26. The number of rotatable bonds is 2. The van der Waals surface area contributed by atoms with E-state index < -0.39 is 24.1 Å². The van der Waals surface area contributed by atoms with Gasteiger partial charge < -0.3 is 25.7 Å². The van der Waals surface area contributed by atoms with E-state index in [2.05, 4.69) is 15.0 Å². The lowest BCUT2D eigenvalue weighted by atomic mass is 10.2. The molecule has 0 aromatic carbocycles. The molecule has 9 heteroatoms. The second-order valence-electron chi connectivity index (χ2n) is 4.37. The molecule has 1 fully saturated rings. The minimum Gasteiger partial charge on any atom is -0.394 e. The van der Waals surface area contributed by atoms with Crippen LogP contribution in [0.5, 0.6) is 0 Å². The van der Waals surface area contributed by atoms with Gasteiger partial charge in [-0.3, -0.25) is 0 Å². The van der Waals surface area contributed by atoms with Crippen LogP contribution in [0.3, 0.4) is 0 Å². The Morgan fingerprint density at radius 1 is 1.58 bits per heavy atom. The molecule has 1 aliphatic rings. The highest BCUT2D eigenvalue weighted by Gasteiger charge is 2.36. The van der Waals surface area contributed by atoms with Crippen molar-refractivity contribution in [2.75, 3.05) is 12.3 Å². The normalized spacial score (nSPS) is 27.2. The molecule has 3 rings (SSSR count). The van der Waals surface area contributed by atoms with Crippen LogP contribution in [0, 0.1) is 0 Å². The van der Waals surface area contributed by atoms with Gasteiger partial charge in [-0.2, -0.15) is 0 Å². The maximum absolute atomic E-state index is 11.9. The molecule has 9 nitrogen and oxygen atoms in total. The topological polar surface area (TPSA) is 139 Å². The average molecular weight is 267 g/mol. The Balaban J connectivity index is 2.09. The number of hydrogen-bond acceptors (Lipinski definition) is 7. The molecule has 1 saturated heterocycles. The number of imidazole rings is 1. The molecule has 2 aromatic rings. The third-order valence-corrected chi connectivity index (χ3v) is 3.21. The van der Waals surface area contributed by atoms with Crippen molar-refractivity contribution in [1.82, 2.24) is 19.5 Å². The van der Waals surface area contributed by atoms with E-state index in [-0.39, 0.29) is 18.8 Å². The summed E-state index contributed by atoms with van der Waals surface area (Å²) in [5, 5.41) is 18.8. The van der Waals surface area contributed by atoms with E-state index in [1.807, 2.05) is 0 Å². The molecule has 1 aliphatic heterocycles. The van der Waals surface area contributed by atoms with Crippen LogP contribution in [0.25, 0.3) is 11.2 Å². The van der Waals surface area contributed by atoms with Crippen LogP contribution in [0.1, 0.15) is 12.6 Å². The number of H-pyrrole nitrogens is 1. The van der Waals surface area contributed by atoms with Gasteiger partial charge in [0.2, 0.25) is 0 Å². The highest BCUT2D eigenvalue weighted by atomic mass is 16.5. The highest BCUT2D eigenvalue weighted by Crippen LogP contribution is 2.29. The number of fused-ring (bicyclic) bond motifs is 1. The monoisotopic (exact) mass is 267 g/mol. The van der Waals surface area contributed by atoms with Crippen molar-refractivity contribution in [3.63, 3.8) is 0 Å². The third-order valence-electron chi connectivity index (χ3n) is 3.21. The summed E-state index contributed by atoms with van der Waals surface area (Å²) in [4.78, 5) is 22.3. The maximum Gasteiger partial charge on any atom is 0.329 e. The molecule has 0 bridgehead atoms. The van der Waals surface area contributed by atoms with E-state index in [9.17, 15) is 9.90 Å². The van der Waals surface area contributed by atoms with Crippen molar-refractivity contribution in [2.45, 2.75) is 24.9 Å². The van der Waals surface area contributed by atoms with E-state index in [0.29, 0.717) is 11.2 Å². The molecule has 0 radical (unpaired) electrons. The number of nitrogen functional groups attached to an aromatic ring is 1. The predicted octanol–water partition coefficient (Wildman–Crippen LogP) is -1.66. The fraction of sp³-hybridized carbons (Fsp3) is 0.500. The summed E-state index contributed by atoms with van der Waals surface area (Å²) in [5.74, 6) is 0.165. The Labute approximate surface area is 106 Å². The number of ether oxygens (including phenoxy) is 1. The summed E-state index contributed by atoms with van der Waals surface area (Å²) in [6.07, 6.45) is -0.784. The van der Waals surface area contributed by atoms with Crippen molar-refractivity contribution >= 4 is 17.0 Å². The van der Waals surface area contributed by atoms with Gasteiger partial charge in [-0.1, -0.05) is 0 Å². The number of aromatic nitrogens is 4. The average Bonchev–Trinajstić information content (AvgIpc) is 2.90. The van der Waals surface area contributed by atoms with Crippen LogP contribution >= 0.6 is 0 Å². The second-order valence-corrected chi connectivity index (χ2v) is 4.37. The number of nitrogens with one attached hydrogen (secondary N) is 1. The van der Waals surface area contributed by atoms with Gasteiger partial charge >= 0.3 is 5.69 Å². The van der Waals surface area contributed by atoms with Crippen molar-refractivity contribution in [3.8, 4) is 0 Å². The maximum atomic E-state index is 11.9. The van der Waals surface area contributed by atoms with Crippen molar-refractivity contribution in [1.29, 1.82) is 0 Å². The lowest BCUT2D eigenvalue weighted by molar-refractivity contribution is -0.0441. The zero-order valence-corrected chi connectivity index (χ0v) is 9.85. The molecule has 19 heavy (non-hydrogen) atoms. The van der Waals surface area contributed by atoms with E-state index in [1.54, 1.807) is 0 Å². The van der Waals surface area contributed by atoms with Crippen molar-refractivity contribution < 1.29 is 14.9 Å². The van der Waals surface area contributed by atoms with Crippen LogP contribution in [-0.4, -0.2) is 48.5 Å². The molecule has 102 valence electrons. The molecule has 0 saturated carbocycles. The smallest absolute Gasteiger partial charge is 0.329 e. The van der Waals surface area contributed by atoms with Gasteiger partial charge in [0.25, 0.3) is 0 Å². The number of anilines is 1. The van der Waals surface area contributed by atoms with E-state index in [0.717, 1.165) is 0 Å². The summed E-state index contributed by atoms with van der Waals surface area (Å²) in [5.41, 5.74) is 5.85. The zero-order chi connectivity index (χ0) is 13.6. The Morgan fingerprint density at radius 2 is 2.37 bits per heavy atom. The van der Waals surface area contributed by atoms with Gasteiger partial charge in [0.15, 0.2) is 11.5 Å². The van der Waals surface area contributed by atoms with Crippen molar-refractivity contribution in [2.24, 2.45) is 0 Å². The summed E-state index contributed by atoms with van der Waals surface area (Å²) >= 11 is 0. The molecular weight excluding hydrogens is 254 g/mol. The number of nitrogens with zero attached hydrogens (tertiary/aromatic N) is 3. The first-order valence-corrected chi connectivity index (χ1v) is 5.77. The molecule has 0 aliphatic carbocycles. The van der Waals surface area contributed by atoms with E-state index in [1.165, 1.54) is 10.9 Å². The number of aromatic amines is 1. The third kappa shape index (κ3) is 1.79. The first kappa shape index (κ1) is 12.1. The lowest BCUT2D eigenvalue weighted by Crippen LogP contribution is -2.25. The van der Waals surface area contributed by atoms with E-state index in [4.69, 9.17) is 15.6 Å². The SMILES string of the molecule is Nc1ncnc2c1[nH]c(=O)n2[C@H]1C[C@@H](O)[C@H](CO)O1. The quantitative estimate of drug-likeness (QED) is 0.510. The van der Waals surface area contributed by atoms with Crippen LogP contribution in [0.4, 0.5) is 5.82 Å². The molecular formula is C10H13N5O4. The number of aliphatic hydroxyl groups is 2. The molecule has 5 N–H and O–H groups in total. The van der Waals surface area contributed by atoms with Gasteiger partial charge in [0, 0.05) is 6.42 Å². The Morgan fingerprint density at radius 3 is 3.05 bits per heavy atom. The highest BCUT2D eigenvalue weighted by molar-refractivity contribution is 5.81. The van der Waals surface area contributed by atoms with Gasteiger partial charge in [0.1, 0.15) is 24.2 Å². The Hall–Kier alpha value is -1.97. The molecule has 0 amide bonds. The predicted molar refractivity (Wildman–Crippen MR) is 64.2 cm³/mol. The summed E-state index contributed by atoms with van der Waals surface area (Å²) < 4.78 is 6.71. The summed E-state index contributed by atoms with van der Waals surface area (Å²) in [7, 11) is 0. The minimum absolute atomic E-state index is 0.165. The standard InChI is InChI=1S/C10H13N5O4/c11-8-7-9(13-3-12-8)15(10(18)14-7)6-1-4(17)5(2-16)19-6/h3-6,16-17H,1-2H2,(H,14,18)(H2,11,12,13)/t4-,5+,6-/m1/s1. The Kier molecular flexibility index (Phi) is 2.73. The van der Waals surface area contributed by atoms with Gasteiger partial charge in [-0.05, 0) is 0 Å². The largest absolute Gasteiger partial charge is 0.394 e. The van der Waals surface area contributed by atoms with Crippen LogP contribution in [0.2, 0.25) is 0 Å². The number of aliphatic hydroxyl groups excluding tert-OH is 2. The molecule has 0 spiro atoms. The fourth-order valence-electron chi connectivity index (χ4n) is 2.26. The van der Waals surface area contributed by atoms with Gasteiger partial charge in [0.05, 0.1) is 12.7 Å². The van der Waals surface area contributed by atoms with Crippen LogP contribution in [-0.2, 0) is 4.74 Å².